The molecule has 0 aromatic carbocycles. The fourth-order valence-electron chi connectivity index (χ4n) is 2.49. The van der Waals surface area contributed by atoms with Crippen molar-refractivity contribution in [3.63, 3.8) is 0 Å². The van der Waals surface area contributed by atoms with Crippen molar-refractivity contribution < 1.29 is 13.9 Å². The van der Waals surface area contributed by atoms with Crippen LogP contribution < -0.4 is 11.1 Å². The van der Waals surface area contributed by atoms with Crippen molar-refractivity contribution in [2.75, 3.05) is 13.2 Å². The molecule has 0 spiro atoms. The van der Waals surface area contributed by atoms with Gasteiger partial charge in [0.05, 0.1) is 23.2 Å². The van der Waals surface area contributed by atoms with Gasteiger partial charge in [0.1, 0.15) is 6.26 Å². The summed E-state index contributed by atoms with van der Waals surface area (Å²) in [5.74, 6) is 0.619. The van der Waals surface area contributed by atoms with Crippen LogP contribution in [0.5, 0.6) is 0 Å². The summed E-state index contributed by atoms with van der Waals surface area (Å²) in [5.41, 5.74) is 6.72. The van der Waals surface area contributed by atoms with Gasteiger partial charge in [-0.3, -0.25) is 4.79 Å². The van der Waals surface area contributed by atoms with E-state index in [0.29, 0.717) is 31.3 Å². The predicted octanol–water partition coefficient (Wildman–Crippen LogP) is 2.20. The van der Waals surface area contributed by atoms with Crippen LogP contribution in [0, 0.1) is 5.92 Å². The van der Waals surface area contributed by atoms with Crippen LogP contribution in [0.4, 0.5) is 0 Å². The fraction of sp³-hybridized carbons (Fsp3) is 0.467. The summed E-state index contributed by atoms with van der Waals surface area (Å²) in [6.07, 6.45) is 3.23. The zero-order valence-electron chi connectivity index (χ0n) is 12.6. The molecule has 1 saturated heterocycles. The Morgan fingerprint density at radius 3 is 2.96 bits per heavy atom. The fourth-order valence-corrected chi connectivity index (χ4v) is 3.14. The third-order valence-electron chi connectivity index (χ3n) is 3.80. The van der Waals surface area contributed by atoms with E-state index >= 15 is 0 Å². The Kier molecular flexibility index (Phi) is 6.59. The van der Waals surface area contributed by atoms with Gasteiger partial charge in [-0.15, -0.1) is 23.7 Å². The molecule has 0 aliphatic carbocycles. The second-order valence-electron chi connectivity index (χ2n) is 5.31. The summed E-state index contributed by atoms with van der Waals surface area (Å²) in [4.78, 5) is 17.5. The summed E-state index contributed by atoms with van der Waals surface area (Å²) in [5, 5.41) is 4.80. The van der Waals surface area contributed by atoms with Gasteiger partial charge in [0.25, 0.3) is 0 Å². The van der Waals surface area contributed by atoms with Crippen molar-refractivity contribution in [1.82, 2.24) is 10.3 Å². The second kappa shape index (κ2) is 8.44. The number of nitrogens with one attached hydrogen (secondary N) is 1. The minimum atomic E-state index is -0.493. The molecule has 3 N–H and O–H groups in total. The summed E-state index contributed by atoms with van der Waals surface area (Å²) in [6.45, 7) is 1.68. The van der Waals surface area contributed by atoms with E-state index < -0.39 is 6.04 Å². The minimum Gasteiger partial charge on any atom is -0.443 e. The van der Waals surface area contributed by atoms with Gasteiger partial charge in [-0.1, -0.05) is 6.07 Å². The van der Waals surface area contributed by atoms with Crippen molar-refractivity contribution in [2.45, 2.75) is 25.4 Å². The molecule has 0 saturated carbocycles. The lowest BCUT2D eigenvalue weighted by molar-refractivity contribution is -0.124. The van der Waals surface area contributed by atoms with Crippen LogP contribution >= 0.6 is 23.7 Å². The van der Waals surface area contributed by atoms with Crippen LogP contribution in [0.2, 0.25) is 0 Å². The molecular formula is C15H20ClN3O3S. The first-order chi connectivity index (χ1) is 10.7. The lowest BCUT2D eigenvalue weighted by Crippen LogP contribution is -2.46. The molecule has 1 aliphatic rings. The van der Waals surface area contributed by atoms with Crippen LogP contribution in [0.3, 0.4) is 0 Å². The number of carbonyl (C=O) groups excluding carboxylic acids is 1. The number of nitrogens with two attached hydrogens (primary N) is 1. The van der Waals surface area contributed by atoms with Crippen LogP contribution in [0.15, 0.2) is 28.2 Å². The maximum Gasteiger partial charge on any atom is 0.237 e. The Balaban J connectivity index is 0.00000192. The monoisotopic (exact) mass is 357 g/mol. The van der Waals surface area contributed by atoms with Crippen molar-refractivity contribution in [1.29, 1.82) is 0 Å². The van der Waals surface area contributed by atoms with Gasteiger partial charge in [-0.25, -0.2) is 4.98 Å². The first-order valence-corrected chi connectivity index (χ1v) is 8.21. The molecule has 126 valence electrons. The molecule has 3 heterocycles. The number of nitrogens with zero attached hydrogens (tertiary/aromatic N) is 1. The number of ether oxygens (including phenoxy) is 1. The van der Waals surface area contributed by atoms with Gasteiger partial charge in [-0.2, -0.15) is 0 Å². The van der Waals surface area contributed by atoms with E-state index in [2.05, 4.69) is 10.3 Å². The van der Waals surface area contributed by atoms with Crippen molar-refractivity contribution in [3.8, 4) is 10.8 Å². The van der Waals surface area contributed by atoms with Gasteiger partial charge in [0, 0.05) is 13.2 Å². The molecule has 1 fully saturated rings. The average molecular weight is 358 g/mol. The molecular weight excluding hydrogens is 338 g/mol. The topological polar surface area (TPSA) is 90.4 Å². The molecule has 0 bridgehead atoms. The third kappa shape index (κ3) is 4.54. The van der Waals surface area contributed by atoms with Crippen molar-refractivity contribution >= 4 is 29.7 Å². The summed E-state index contributed by atoms with van der Waals surface area (Å²) in [7, 11) is 0. The molecule has 8 heteroatoms. The highest BCUT2D eigenvalue weighted by Crippen LogP contribution is 2.23. The normalized spacial score (nSPS) is 16.6. The summed E-state index contributed by atoms with van der Waals surface area (Å²) >= 11 is 1.56. The lowest BCUT2D eigenvalue weighted by Gasteiger charge is -2.26. The number of thiophene rings is 1. The molecule has 23 heavy (non-hydrogen) atoms. The smallest absolute Gasteiger partial charge is 0.237 e. The van der Waals surface area contributed by atoms with Crippen molar-refractivity contribution in [2.24, 2.45) is 11.7 Å². The van der Waals surface area contributed by atoms with Gasteiger partial charge in [0.2, 0.25) is 11.8 Å². The first-order valence-electron chi connectivity index (χ1n) is 7.33. The van der Waals surface area contributed by atoms with E-state index in [0.717, 1.165) is 17.7 Å². The van der Waals surface area contributed by atoms with Crippen LogP contribution in [0.25, 0.3) is 10.8 Å². The van der Waals surface area contributed by atoms with E-state index in [9.17, 15) is 4.79 Å². The molecule has 1 unspecified atom stereocenters. The molecule has 3 rings (SSSR count). The Labute approximate surface area is 144 Å². The molecule has 0 radical (unpaired) electrons. The highest BCUT2D eigenvalue weighted by Gasteiger charge is 2.26. The zero-order chi connectivity index (χ0) is 15.4. The number of aromatic nitrogens is 1. The van der Waals surface area contributed by atoms with Gasteiger partial charge in [-0.05, 0) is 30.2 Å². The number of amides is 1. The molecule has 6 nitrogen and oxygen atoms in total. The van der Waals surface area contributed by atoms with E-state index in [1.165, 1.54) is 0 Å². The van der Waals surface area contributed by atoms with Crippen LogP contribution in [-0.4, -0.2) is 30.1 Å². The highest BCUT2D eigenvalue weighted by atomic mass is 35.5. The predicted molar refractivity (Wildman–Crippen MR) is 90.4 cm³/mol. The molecule has 1 aliphatic heterocycles. The minimum absolute atomic E-state index is 0. The number of halogens is 1. The molecule has 2 aromatic rings. The zero-order valence-corrected chi connectivity index (χ0v) is 14.2. The standard InChI is InChI=1S/C15H19N3O3S.ClH/c16-13(10-3-5-20-6-4-10)14(19)17-8-11-9-21-15(18-11)12-2-1-7-22-12;/h1-2,7,9-10,13H,3-6,8,16H2,(H,17,19);1H. The Morgan fingerprint density at radius 1 is 1.48 bits per heavy atom. The number of oxazole rings is 1. The number of hydrogen-bond acceptors (Lipinski definition) is 6. The van der Waals surface area contributed by atoms with E-state index in [4.69, 9.17) is 14.9 Å². The van der Waals surface area contributed by atoms with E-state index in [1.807, 2.05) is 17.5 Å². The Hall–Kier alpha value is -1.41. The summed E-state index contributed by atoms with van der Waals surface area (Å²) in [6, 6.07) is 3.39. The number of rotatable bonds is 5. The Bertz CT molecular complexity index is 611. The third-order valence-corrected chi connectivity index (χ3v) is 4.66. The second-order valence-corrected chi connectivity index (χ2v) is 6.26. The first kappa shape index (κ1) is 17.9. The van der Waals surface area contributed by atoms with Gasteiger partial charge < -0.3 is 20.2 Å². The molecule has 1 atom stereocenters. The number of hydrogen-bond donors (Lipinski definition) is 2. The lowest BCUT2D eigenvalue weighted by atomic mass is 9.92. The maximum atomic E-state index is 12.1. The van der Waals surface area contributed by atoms with Crippen LogP contribution in [-0.2, 0) is 16.1 Å². The highest BCUT2D eigenvalue weighted by molar-refractivity contribution is 7.13. The number of carbonyl (C=O) groups is 1. The maximum absolute atomic E-state index is 12.1. The van der Waals surface area contributed by atoms with Crippen LogP contribution in [0.1, 0.15) is 18.5 Å². The largest absolute Gasteiger partial charge is 0.443 e. The van der Waals surface area contributed by atoms with E-state index in [1.54, 1.807) is 17.6 Å². The van der Waals surface area contributed by atoms with Crippen molar-refractivity contribution in [3.05, 3.63) is 29.5 Å². The quantitative estimate of drug-likeness (QED) is 0.856. The summed E-state index contributed by atoms with van der Waals surface area (Å²) < 4.78 is 10.7. The Morgan fingerprint density at radius 2 is 2.26 bits per heavy atom. The van der Waals surface area contributed by atoms with Gasteiger partial charge >= 0.3 is 0 Å². The van der Waals surface area contributed by atoms with E-state index in [-0.39, 0.29) is 24.2 Å². The van der Waals surface area contributed by atoms with Gasteiger partial charge in [0.15, 0.2) is 0 Å². The SMILES string of the molecule is Cl.NC(C(=O)NCc1coc(-c2cccs2)n1)C1CCOCC1. The average Bonchev–Trinajstić information content (AvgIpc) is 3.23. The molecule has 1 amide bonds. The molecule has 2 aromatic heterocycles.